The molecular weight excluding hydrogens is 520 g/mol. The van der Waals surface area contributed by atoms with Crippen molar-refractivity contribution in [1.29, 1.82) is 0 Å². The van der Waals surface area contributed by atoms with Crippen LogP contribution in [0.1, 0.15) is 51.2 Å². The summed E-state index contributed by atoms with van der Waals surface area (Å²) in [5.41, 5.74) is 1.99. The number of piperidine rings is 1. The molecule has 12 heteroatoms. The Labute approximate surface area is 230 Å². The zero-order valence-electron chi connectivity index (χ0n) is 23.2. The van der Waals surface area contributed by atoms with E-state index in [1.165, 1.54) is 10.6 Å². The highest BCUT2D eigenvalue weighted by Crippen LogP contribution is 2.36. The first-order chi connectivity index (χ1) is 18.2. The fraction of sp³-hybridized carbons (Fsp3) is 0.593. The molecule has 4 atom stereocenters. The molecule has 0 radical (unpaired) electrons. The fourth-order valence-electron chi connectivity index (χ4n) is 5.32. The van der Waals surface area contributed by atoms with Crippen molar-refractivity contribution in [2.24, 2.45) is 10.9 Å². The number of sulfonamides is 1. The predicted octanol–water partition coefficient (Wildman–Crippen LogP) is 2.05. The predicted molar refractivity (Wildman–Crippen MR) is 152 cm³/mol. The van der Waals surface area contributed by atoms with Crippen molar-refractivity contribution in [3.05, 3.63) is 41.6 Å². The molecule has 1 aliphatic heterocycles. The van der Waals surface area contributed by atoms with Gasteiger partial charge in [-0.2, -0.15) is 4.98 Å². The number of hydrogen-bond donors (Lipinski definition) is 5. The summed E-state index contributed by atoms with van der Waals surface area (Å²) in [6.45, 7) is 7.95. The van der Waals surface area contributed by atoms with Crippen LogP contribution in [0.15, 0.2) is 35.5 Å². The molecule has 214 valence electrons. The minimum Gasteiger partial charge on any atom is -0.390 e. The van der Waals surface area contributed by atoms with Gasteiger partial charge in [-0.1, -0.05) is 18.2 Å². The third kappa shape index (κ3) is 6.93. The van der Waals surface area contributed by atoms with E-state index in [0.717, 1.165) is 11.3 Å². The average molecular weight is 561 g/mol. The average Bonchev–Trinajstić information content (AvgIpc) is 3.14. The van der Waals surface area contributed by atoms with Crippen LogP contribution in [-0.4, -0.2) is 93.0 Å². The Hall–Kier alpha value is -2.64. The number of aryl methyl sites for hydroxylation is 1. The largest absolute Gasteiger partial charge is 0.390 e. The van der Waals surface area contributed by atoms with Gasteiger partial charge in [0.1, 0.15) is 11.9 Å². The number of rotatable bonds is 8. The van der Waals surface area contributed by atoms with Crippen molar-refractivity contribution < 1.29 is 23.7 Å². The maximum Gasteiger partial charge on any atom is 0.224 e. The number of hydrogen-bond acceptors (Lipinski definition) is 10. The van der Waals surface area contributed by atoms with Crippen LogP contribution in [-0.2, 0) is 10.0 Å². The van der Waals surface area contributed by atoms with Crippen molar-refractivity contribution in [1.82, 2.24) is 14.3 Å². The molecule has 1 aliphatic carbocycles. The summed E-state index contributed by atoms with van der Waals surface area (Å²) in [6, 6.07) is 7.23. The first kappa shape index (κ1) is 29.3. The summed E-state index contributed by atoms with van der Waals surface area (Å²) in [4.78, 5) is 14.0. The molecule has 1 aromatic carbocycles. The van der Waals surface area contributed by atoms with Gasteiger partial charge in [-0.25, -0.2) is 17.7 Å². The van der Waals surface area contributed by atoms with Crippen LogP contribution >= 0.6 is 0 Å². The van der Waals surface area contributed by atoms with Crippen molar-refractivity contribution in [2.75, 3.05) is 30.0 Å². The maximum atomic E-state index is 11.9. The van der Waals surface area contributed by atoms with Gasteiger partial charge in [0.25, 0.3) is 0 Å². The van der Waals surface area contributed by atoms with Gasteiger partial charge in [0, 0.05) is 31.2 Å². The third-order valence-corrected chi connectivity index (χ3v) is 9.05. The van der Waals surface area contributed by atoms with Gasteiger partial charge in [-0.3, -0.25) is 4.99 Å². The van der Waals surface area contributed by atoms with Crippen LogP contribution in [0.5, 0.6) is 0 Å². The van der Waals surface area contributed by atoms with Crippen molar-refractivity contribution in [2.45, 2.75) is 76.9 Å². The second-order valence-corrected chi connectivity index (χ2v) is 13.2. The van der Waals surface area contributed by atoms with Gasteiger partial charge >= 0.3 is 0 Å². The third-order valence-electron chi connectivity index (χ3n) is 7.75. The zero-order valence-corrected chi connectivity index (χ0v) is 24.0. The second-order valence-electron chi connectivity index (χ2n) is 11.2. The molecule has 1 aromatic heterocycles. The molecule has 0 unspecified atom stereocenters. The van der Waals surface area contributed by atoms with Gasteiger partial charge in [-0.15, -0.1) is 0 Å². The summed E-state index contributed by atoms with van der Waals surface area (Å²) in [7, 11) is -3.22. The molecule has 39 heavy (non-hydrogen) atoms. The summed E-state index contributed by atoms with van der Waals surface area (Å²) < 4.78 is 25.2. The van der Waals surface area contributed by atoms with E-state index < -0.39 is 39.8 Å². The Morgan fingerprint density at radius 2 is 1.79 bits per heavy atom. The van der Waals surface area contributed by atoms with E-state index in [0.29, 0.717) is 55.4 Å². The molecule has 0 bridgehead atoms. The Kier molecular flexibility index (Phi) is 8.62. The summed E-state index contributed by atoms with van der Waals surface area (Å²) in [6.07, 6.45) is 2.28. The lowest BCUT2D eigenvalue weighted by Crippen LogP contribution is -2.42. The van der Waals surface area contributed by atoms with Crippen LogP contribution in [0.25, 0.3) is 0 Å². The minimum atomic E-state index is -3.22. The van der Waals surface area contributed by atoms with Gasteiger partial charge in [-0.05, 0) is 58.6 Å². The number of aliphatic hydroxyl groups is 3. The van der Waals surface area contributed by atoms with E-state index in [1.54, 1.807) is 20.0 Å². The maximum absolute atomic E-state index is 11.9. The molecule has 2 fully saturated rings. The van der Waals surface area contributed by atoms with Crippen LogP contribution < -0.4 is 10.6 Å². The fourth-order valence-corrected chi connectivity index (χ4v) is 6.20. The number of nitrogens with one attached hydrogen (secondary N) is 2. The monoisotopic (exact) mass is 560 g/mol. The number of aliphatic imine (C=N–C) groups is 1. The SMILES string of the molecule is C/C(=N\c1ccccc1C)c1cnc(NC2CCN(S(C)(=O)=O)CC2)nc1N[C@@H]1C[C@H](C(C)(C)O)[C@@H](O)[C@H]1O. The smallest absolute Gasteiger partial charge is 0.224 e. The summed E-state index contributed by atoms with van der Waals surface area (Å²) >= 11 is 0. The van der Waals surface area contributed by atoms with E-state index in [1.807, 2.05) is 38.1 Å². The van der Waals surface area contributed by atoms with E-state index >= 15 is 0 Å². The molecule has 11 nitrogen and oxygen atoms in total. The topological polar surface area (TPSA) is 160 Å². The van der Waals surface area contributed by atoms with E-state index in [2.05, 4.69) is 15.6 Å². The summed E-state index contributed by atoms with van der Waals surface area (Å²) in [5.74, 6) is 0.299. The number of anilines is 2. The number of para-hydroxylation sites is 1. The zero-order chi connectivity index (χ0) is 28.5. The van der Waals surface area contributed by atoms with Gasteiger partial charge < -0.3 is 26.0 Å². The standard InChI is InChI=1S/C27H40N6O5S/c1-16-8-6-7-9-21(16)29-17(2)19-15-28-26(30-18-10-12-33(13-11-18)39(5,37)38)32-25(19)31-22-14-20(27(3,4)36)23(34)24(22)35/h6-9,15,18,20,22-24,34-36H,10-14H2,1-5H3,(H2,28,30,31,32)/b29-17+/t20-,22+,23+,24-/m0/s1. The highest BCUT2D eigenvalue weighted by atomic mass is 32.2. The number of benzene rings is 1. The quantitative estimate of drug-likeness (QED) is 0.304. The van der Waals surface area contributed by atoms with Crippen LogP contribution in [0.2, 0.25) is 0 Å². The van der Waals surface area contributed by atoms with Crippen LogP contribution in [0, 0.1) is 12.8 Å². The van der Waals surface area contributed by atoms with Crippen molar-refractivity contribution in [3.63, 3.8) is 0 Å². The second kappa shape index (κ2) is 11.5. The number of nitrogens with zero attached hydrogens (tertiary/aromatic N) is 4. The Bertz CT molecular complexity index is 1300. The Balaban J connectivity index is 1.61. The number of aromatic nitrogens is 2. The normalized spacial score (nSPS) is 25.6. The minimum absolute atomic E-state index is 0.00175. The van der Waals surface area contributed by atoms with Gasteiger partial charge in [0.15, 0.2) is 0 Å². The molecule has 2 heterocycles. The highest BCUT2D eigenvalue weighted by molar-refractivity contribution is 7.88. The summed E-state index contributed by atoms with van der Waals surface area (Å²) in [5, 5.41) is 38.6. The molecular formula is C27H40N6O5S. The molecule has 0 amide bonds. The molecule has 4 rings (SSSR count). The molecule has 2 aromatic rings. The first-order valence-electron chi connectivity index (χ1n) is 13.3. The molecule has 5 N–H and O–H groups in total. The Morgan fingerprint density at radius 3 is 2.38 bits per heavy atom. The molecule has 2 aliphatic rings. The lowest BCUT2D eigenvalue weighted by Gasteiger charge is -2.30. The number of aliphatic hydroxyl groups excluding tert-OH is 2. The van der Waals surface area contributed by atoms with Crippen LogP contribution in [0.3, 0.4) is 0 Å². The first-order valence-corrected chi connectivity index (χ1v) is 15.1. The van der Waals surface area contributed by atoms with Gasteiger partial charge in [0.2, 0.25) is 16.0 Å². The lowest BCUT2D eigenvalue weighted by molar-refractivity contribution is -0.0601. The molecule has 1 saturated heterocycles. The Morgan fingerprint density at radius 1 is 1.13 bits per heavy atom. The van der Waals surface area contributed by atoms with Crippen molar-refractivity contribution in [3.8, 4) is 0 Å². The van der Waals surface area contributed by atoms with Crippen LogP contribution in [0.4, 0.5) is 17.5 Å². The van der Waals surface area contributed by atoms with Gasteiger partial charge in [0.05, 0.1) is 41.0 Å². The molecule has 1 saturated carbocycles. The van der Waals surface area contributed by atoms with Crippen molar-refractivity contribution >= 4 is 33.2 Å². The van der Waals surface area contributed by atoms with E-state index in [-0.39, 0.29) is 6.04 Å². The highest BCUT2D eigenvalue weighted by Gasteiger charge is 2.47. The van der Waals surface area contributed by atoms with E-state index in [9.17, 15) is 23.7 Å². The molecule has 0 spiro atoms. The van der Waals surface area contributed by atoms with E-state index in [4.69, 9.17) is 9.98 Å². The lowest BCUT2D eigenvalue weighted by atomic mass is 9.88.